The van der Waals surface area contributed by atoms with Crippen molar-refractivity contribution in [1.29, 1.82) is 0 Å². The van der Waals surface area contributed by atoms with Gasteiger partial charge in [-0.2, -0.15) is 0 Å². The van der Waals surface area contributed by atoms with E-state index in [2.05, 4.69) is 21.9 Å². The Labute approximate surface area is 140 Å². The smallest absolute Gasteiger partial charge is 0.275 e. The molecule has 0 unspecified atom stereocenters. The standard InChI is InChI=1S/C16H18N4O3S/c1-10(2)13-7-5-6-8-14(13)24(22,23)20-16(21)19-15-17-11(3)9-12(4)18-15/h5-9H,1H2,2-4H3,(H2,17,18,19,20,21). The summed E-state index contributed by atoms with van der Waals surface area (Å²) in [5.41, 5.74) is 2.34. The van der Waals surface area contributed by atoms with Crippen LogP contribution in [0.3, 0.4) is 0 Å². The van der Waals surface area contributed by atoms with E-state index < -0.39 is 16.1 Å². The lowest BCUT2D eigenvalue weighted by Gasteiger charge is -2.12. The number of hydrogen-bond acceptors (Lipinski definition) is 5. The van der Waals surface area contributed by atoms with Gasteiger partial charge in [-0.3, -0.25) is 5.32 Å². The van der Waals surface area contributed by atoms with Crippen molar-refractivity contribution in [2.24, 2.45) is 0 Å². The molecule has 0 aliphatic rings. The molecule has 0 aliphatic carbocycles. The Balaban J connectivity index is 2.23. The van der Waals surface area contributed by atoms with Crippen LogP contribution in [0.1, 0.15) is 23.9 Å². The molecule has 2 rings (SSSR count). The molecule has 2 N–H and O–H groups in total. The van der Waals surface area contributed by atoms with E-state index in [9.17, 15) is 13.2 Å². The van der Waals surface area contributed by atoms with E-state index in [1.807, 2.05) is 4.72 Å². The first-order chi connectivity index (χ1) is 11.2. The Kier molecular flexibility index (Phi) is 4.99. The molecule has 1 aromatic carbocycles. The number of aromatic nitrogens is 2. The quantitative estimate of drug-likeness (QED) is 0.886. The van der Waals surface area contributed by atoms with Gasteiger partial charge in [0.05, 0.1) is 4.90 Å². The van der Waals surface area contributed by atoms with Crippen LogP contribution in [0.15, 0.2) is 41.8 Å². The average Bonchev–Trinajstić information content (AvgIpc) is 2.45. The number of rotatable bonds is 4. The molecule has 2 aromatic rings. The number of amides is 2. The van der Waals surface area contributed by atoms with E-state index in [0.717, 1.165) is 0 Å². The summed E-state index contributed by atoms with van der Waals surface area (Å²) in [5, 5.41) is 2.32. The van der Waals surface area contributed by atoms with Crippen molar-refractivity contribution in [2.45, 2.75) is 25.7 Å². The first kappa shape index (κ1) is 17.6. The van der Waals surface area contributed by atoms with Crippen LogP contribution in [0.4, 0.5) is 10.7 Å². The van der Waals surface area contributed by atoms with Crippen LogP contribution in [-0.2, 0) is 10.0 Å². The molecule has 24 heavy (non-hydrogen) atoms. The molecule has 0 radical (unpaired) electrons. The molecule has 0 spiro atoms. The van der Waals surface area contributed by atoms with Crippen molar-refractivity contribution in [2.75, 3.05) is 5.32 Å². The number of nitrogens with one attached hydrogen (secondary N) is 2. The highest BCUT2D eigenvalue weighted by atomic mass is 32.2. The van der Waals surface area contributed by atoms with Crippen LogP contribution < -0.4 is 10.0 Å². The van der Waals surface area contributed by atoms with Gasteiger partial charge in [0.15, 0.2) is 0 Å². The van der Waals surface area contributed by atoms with Crippen molar-refractivity contribution in [3.05, 3.63) is 53.9 Å². The zero-order valence-corrected chi connectivity index (χ0v) is 14.4. The number of urea groups is 1. The Morgan fingerprint density at radius 2 is 1.71 bits per heavy atom. The van der Waals surface area contributed by atoms with Gasteiger partial charge >= 0.3 is 6.03 Å². The van der Waals surface area contributed by atoms with Crippen molar-refractivity contribution >= 4 is 27.6 Å². The summed E-state index contributed by atoms with van der Waals surface area (Å²) in [4.78, 5) is 20.0. The minimum absolute atomic E-state index is 0.0195. The maximum atomic E-state index is 12.4. The van der Waals surface area contributed by atoms with E-state index in [1.165, 1.54) is 6.07 Å². The molecule has 0 saturated carbocycles. The van der Waals surface area contributed by atoms with Crippen LogP contribution in [0.5, 0.6) is 0 Å². The van der Waals surface area contributed by atoms with Crippen LogP contribution >= 0.6 is 0 Å². The van der Waals surface area contributed by atoms with E-state index in [4.69, 9.17) is 0 Å². The third kappa shape index (κ3) is 4.17. The molecule has 126 valence electrons. The molecular formula is C16H18N4O3S. The first-order valence-corrected chi connectivity index (χ1v) is 8.58. The van der Waals surface area contributed by atoms with Gasteiger partial charge in [0.2, 0.25) is 5.95 Å². The fourth-order valence-electron chi connectivity index (χ4n) is 2.14. The Morgan fingerprint density at radius 3 is 2.29 bits per heavy atom. The number of benzene rings is 1. The van der Waals surface area contributed by atoms with E-state index >= 15 is 0 Å². The van der Waals surface area contributed by atoms with Crippen molar-refractivity contribution in [3.8, 4) is 0 Å². The minimum atomic E-state index is -4.05. The first-order valence-electron chi connectivity index (χ1n) is 7.10. The predicted octanol–water partition coefficient (Wildman–Crippen LogP) is 2.64. The van der Waals surface area contributed by atoms with Crippen molar-refractivity contribution in [1.82, 2.24) is 14.7 Å². The van der Waals surface area contributed by atoms with Crippen LogP contribution in [-0.4, -0.2) is 24.4 Å². The number of carbonyl (C=O) groups excluding carboxylic acids is 1. The SMILES string of the molecule is C=C(C)c1ccccc1S(=O)(=O)NC(=O)Nc1nc(C)cc(C)n1. The third-order valence-corrected chi connectivity index (χ3v) is 4.46. The Bertz CT molecular complexity index is 887. The molecule has 0 saturated heterocycles. The van der Waals surface area contributed by atoms with Gasteiger partial charge in [0, 0.05) is 11.4 Å². The summed E-state index contributed by atoms with van der Waals surface area (Å²) in [6.45, 7) is 8.94. The second kappa shape index (κ2) is 6.79. The fourth-order valence-corrected chi connectivity index (χ4v) is 3.33. The summed E-state index contributed by atoms with van der Waals surface area (Å²) >= 11 is 0. The van der Waals surface area contributed by atoms with Crippen molar-refractivity contribution in [3.63, 3.8) is 0 Å². The number of anilines is 1. The molecule has 0 fully saturated rings. The number of carbonyl (C=O) groups is 1. The largest absolute Gasteiger partial charge is 0.335 e. The summed E-state index contributed by atoms with van der Waals surface area (Å²) in [5.74, 6) is 0.0355. The van der Waals surface area contributed by atoms with Gasteiger partial charge in [0.1, 0.15) is 0 Å². The number of aryl methyl sites for hydroxylation is 2. The normalized spacial score (nSPS) is 11.0. The summed E-state index contributed by atoms with van der Waals surface area (Å²) in [6.07, 6.45) is 0. The Morgan fingerprint density at radius 1 is 1.12 bits per heavy atom. The van der Waals surface area contributed by atoms with Crippen molar-refractivity contribution < 1.29 is 13.2 Å². The molecule has 0 atom stereocenters. The lowest BCUT2D eigenvalue weighted by atomic mass is 10.1. The zero-order valence-electron chi connectivity index (χ0n) is 13.6. The predicted molar refractivity (Wildman–Crippen MR) is 92.0 cm³/mol. The van der Waals surface area contributed by atoms with Gasteiger partial charge < -0.3 is 0 Å². The molecular weight excluding hydrogens is 328 g/mol. The number of hydrogen-bond donors (Lipinski definition) is 2. The molecule has 1 heterocycles. The third-order valence-electron chi connectivity index (χ3n) is 3.07. The lowest BCUT2D eigenvalue weighted by molar-refractivity contribution is 0.256. The highest BCUT2D eigenvalue weighted by Crippen LogP contribution is 2.21. The molecule has 1 aromatic heterocycles. The number of nitrogens with zero attached hydrogens (tertiary/aromatic N) is 2. The zero-order chi connectivity index (χ0) is 17.9. The molecule has 7 nitrogen and oxygen atoms in total. The molecule has 2 amide bonds. The maximum Gasteiger partial charge on any atom is 0.335 e. The average molecular weight is 346 g/mol. The summed E-state index contributed by atoms with van der Waals surface area (Å²) in [6, 6.07) is 7.12. The highest BCUT2D eigenvalue weighted by Gasteiger charge is 2.21. The van der Waals surface area contributed by atoms with Crippen LogP contribution in [0.2, 0.25) is 0 Å². The van der Waals surface area contributed by atoms with E-state index in [0.29, 0.717) is 22.5 Å². The monoisotopic (exact) mass is 346 g/mol. The van der Waals surface area contributed by atoms with Gasteiger partial charge in [-0.05, 0) is 44.0 Å². The van der Waals surface area contributed by atoms with Crippen LogP contribution in [0, 0.1) is 13.8 Å². The molecule has 0 aliphatic heterocycles. The maximum absolute atomic E-state index is 12.4. The van der Waals surface area contributed by atoms with Crippen LogP contribution in [0.25, 0.3) is 5.57 Å². The van der Waals surface area contributed by atoms with Gasteiger partial charge in [-0.1, -0.05) is 24.8 Å². The second-order valence-electron chi connectivity index (χ2n) is 5.31. The highest BCUT2D eigenvalue weighted by molar-refractivity contribution is 7.90. The molecule has 0 bridgehead atoms. The molecule has 8 heteroatoms. The minimum Gasteiger partial charge on any atom is -0.275 e. The van der Waals surface area contributed by atoms with E-state index in [1.54, 1.807) is 45.0 Å². The number of allylic oxidation sites excluding steroid dienone is 1. The van der Waals surface area contributed by atoms with E-state index in [-0.39, 0.29) is 10.8 Å². The fraction of sp³-hybridized carbons (Fsp3) is 0.188. The number of sulfonamides is 1. The topological polar surface area (TPSA) is 101 Å². The van der Waals surface area contributed by atoms with Gasteiger partial charge in [0.25, 0.3) is 10.0 Å². The van der Waals surface area contributed by atoms with Gasteiger partial charge in [-0.15, -0.1) is 0 Å². The lowest BCUT2D eigenvalue weighted by Crippen LogP contribution is -2.35. The summed E-state index contributed by atoms with van der Waals surface area (Å²) < 4.78 is 26.8. The Hall–Kier alpha value is -2.74. The van der Waals surface area contributed by atoms with Gasteiger partial charge in [-0.25, -0.2) is 27.9 Å². The second-order valence-corrected chi connectivity index (χ2v) is 6.96. The summed E-state index contributed by atoms with van der Waals surface area (Å²) in [7, 11) is -4.05.